The highest BCUT2D eigenvalue weighted by molar-refractivity contribution is 5.69. The van der Waals surface area contributed by atoms with Crippen molar-refractivity contribution < 1.29 is 14.6 Å². The topological polar surface area (TPSA) is 95.2 Å². The SMILES string of the molecule is COc1ccc(C(CC(=O)O)c2c(C)[nH][nH]c2=O)cc1. The number of methoxy groups -OCH3 is 1. The number of aryl methyl sites for hydroxylation is 1. The largest absolute Gasteiger partial charge is 0.497 e. The predicted molar refractivity (Wildman–Crippen MR) is 73.2 cm³/mol. The molecule has 1 aromatic heterocycles. The molecular weight excluding hydrogens is 260 g/mol. The summed E-state index contributed by atoms with van der Waals surface area (Å²) in [5.74, 6) is -0.762. The predicted octanol–water partition coefficient (Wildman–Crippen LogP) is 1.63. The Bertz CT molecular complexity index is 655. The zero-order valence-corrected chi connectivity index (χ0v) is 11.3. The summed E-state index contributed by atoms with van der Waals surface area (Å²) in [5, 5.41) is 14.3. The number of hydrogen-bond acceptors (Lipinski definition) is 3. The number of carbonyl (C=O) groups is 1. The van der Waals surface area contributed by atoms with E-state index in [-0.39, 0.29) is 12.0 Å². The third kappa shape index (κ3) is 2.74. The van der Waals surface area contributed by atoms with E-state index in [0.717, 1.165) is 5.56 Å². The van der Waals surface area contributed by atoms with Gasteiger partial charge in [0.25, 0.3) is 5.56 Å². The number of benzene rings is 1. The molecule has 0 aliphatic carbocycles. The molecule has 6 nitrogen and oxygen atoms in total. The minimum absolute atomic E-state index is 0.145. The van der Waals surface area contributed by atoms with Crippen molar-refractivity contribution in [3.8, 4) is 5.75 Å². The van der Waals surface area contributed by atoms with Gasteiger partial charge in [-0.2, -0.15) is 0 Å². The number of aromatic nitrogens is 2. The van der Waals surface area contributed by atoms with Crippen molar-refractivity contribution in [2.45, 2.75) is 19.3 Å². The molecule has 106 valence electrons. The zero-order valence-electron chi connectivity index (χ0n) is 11.3. The number of carboxylic acids is 1. The van der Waals surface area contributed by atoms with Gasteiger partial charge in [-0.05, 0) is 24.6 Å². The summed E-state index contributed by atoms with van der Waals surface area (Å²) in [7, 11) is 1.56. The van der Waals surface area contributed by atoms with Gasteiger partial charge in [-0.15, -0.1) is 0 Å². The van der Waals surface area contributed by atoms with Gasteiger partial charge in [0.15, 0.2) is 0 Å². The summed E-state index contributed by atoms with van der Waals surface area (Å²) in [6, 6.07) is 7.05. The standard InChI is InChI=1S/C14H16N2O4/c1-8-13(14(19)16-15-8)11(7-12(17)18)9-3-5-10(20-2)6-4-9/h3-6,11H,7H2,1-2H3,(H,17,18)(H2,15,16,19). The minimum Gasteiger partial charge on any atom is -0.497 e. The maximum absolute atomic E-state index is 11.9. The van der Waals surface area contributed by atoms with E-state index in [1.54, 1.807) is 38.3 Å². The van der Waals surface area contributed by atoms with Crippen LogP contribution in [0.5, 0.6) is 5.75 Å². The number of nitrogens with one attached hydrogen (secondary N) is 2. The number of carboxylic acid groups (broad SMARTS) is 1. The molecule has 0 amide bonds. The van der Waals surface area contributed by atoms with Gasteiger partial charge < -0.3 is 14.9 Å². The lowest BCUT2D eigenvalue weighted by atomic mass is 9.89. The van der Waals surface area contributed by atoms with Crippen LogP contribution in [0.4, 0.5) is 0 Å². The summed E-state index contributed by atoms with van der Waals surface area (Å²) in [4.78, 5) is 22.9. The molecule has 0 fully saturated rings. The monoisotopic (exact) mass is 276 g/mol. The third-order valence-corrected chi connectivity index (χ3v) is 3.26. The average molecular weight is 276 g/mol. The van der Waals surface area contributed by atoms with Crippen LogP contribution in [0.2, 0.25) is 0 Å². The highest BCUT2D eigenvalue weighted by atomic mass is 16.5. The highest BCUT2D eigenvalue weighted by Crippen LogP contribution is 2.28. The number of hydrogen-bond donors (Lipinski definition) is 3. The second kappa shape index (κ2) is 5.64. The number of aromatic amines is 2. The van der Waals surface area contributed by atoms with Crippen molar-refractivity contribution in [2.24, 2.45) is 0 Å². The van der Waals surface area contributed by atoms with Gasteiger partial charge in [-0.1, -0.05) is 12.1 Å². The molecule has 0 bridgehead atoms. The molecular formula is C14H16N2O4. The summed E-state index contributed by atoms with van der Waals surface area (Å²) in [5.41, 5.74) is 1.58. The number of rotatable bonds is 5. The molecule has 6 heteroatoms. The molecule has 0 aliphatic heterocycles. The van der Waals surface area contributed by atoms with Crippen molar-refractivity contribution in [3.63, 3.8) is 0 Å². The molecule has 0 saturated carbocycles. The first-order valence-electron chi connectivity index (χ1n) is 6.15. The smallest absolute Gasteiger partial charge is 0.304 e. The van der Waals surface area contributed by atoms with Crippen molar-refractivity contribution in [3.05, 3.63) is 51.4 Å². The Morgan fingerprint density at radius 3 is 2.40 bits per heavy atom. The Balaban J connectivity index is 2.46. The van der Waals surface area contributed by atoms with E-state index in [0.29, 0.717) is 17.0 Å². The second-order valence-electron chi connectivity index (χ2n) is 4.54. The Morgan fingerprint density at radius 1 is 1.30 bits per heavy atom. The van der Waals surface area contributed by atoms with E-state index in [9.17, 15) is 9.59 Å². The van der Waals surface area contributed by atoms with E-state index in [1.807, 2.05) is 0 Å². The van der Waals surface area contributed by atoms with Gasteiger partial charge in [-0.25, -0.2) is 0 Å². The molecule has 0 radical (unpaired) electrons. The van der Waals surface area contributed by atoms with E-state index in [1.165, 1.54) is 0 Å². The summed E-state index contributed by atoms with van der Waals surface area (Å²) in [6.45, 7) is 1.74. The van der Waals surface area contributed by atoms with Crippen LogP contribution in [-0.4, -0.2) is 28.4 Å². The molecule has 0 aliphatic rings. The van der Waals surface area contributed by atoms with Crippen LogP contribution in [-0.2, 0) is 4.79 Å². The first-order chi connectivity index (χ1) is 9.52. The van der Waals surface area contributed by atoms with Crippen LogP contribution in [0, 0.1) is 6.92 Å². The summed E-state index contributed by atoms with van der Waals surface area (Å²) >= 11 is 0. The quantitative estimate of drug-likeness (QED) is 0.773. The Hall–Kier alpha value is -2.50. The van der Waals surface area contributed by atoms with Gasteiger partial charge in [0, 0.05) is 17.2 Å². The lowest BCUT2D eigenvalue weighted by Crippen LogP contribution is -2.16. The number of ether oxygens (including phenoxy) is 1. The summed E-state index contributed by atoms with van der Waals surface area (Å²) < 4.78 is 5.08. The lowest BCUT2D eigenvalue weighted by Gasteiger charge is -2.14. The second-order valence-corrected chi connectivity index (χ2v) is 4.54. The first kappa shape index (κ1) is 13.9. The van der Waals surface area contributed by atoms with E-state index >= 15 is 0 Å². The number of aliphatic carboxylic acids is 1. The van der Waals surface area contributed by atoms with Gasteiger partial charge in [0.05, 0.1) is 13.5 Å². The molecule has 1 heterocycles. The van der Waals surface area contributed by atoms with Crippen molar-refractivity contribution in [1.29, 1.82) is 0 Å². The van der Waals surface area contributed by atoms with Gasteiger partial charge in [0.2, 0.25) is 0 Å². The molecule has 0 saturated heterocycles. The fourth-order valence-corrected chi connectivity index (χ4v) is 2.27. The fraction of sp³-hybridized carbons (Fsp3) is 0.286. The zero-order chi connectivity index (χ0) is 14.7. The average Bonchev–Trinajstić information content (AvgIpc) is 2.76. The summed E-state index contributed by atoms with van der Waals surface area (Å²) in [6.07, 6.45) is -0.145. The molecule has 2 aromatic rings. The van der Waals surface area contributed by atoms with Crippen molar-refractivity contribution in [2.75, 3.05) is 7.11 Å². The minimum atomic E-state index is -0.953. The van der Waals surface area contributed by atoms with Crippen LogP contribution >= 0.6 is 0 Å². The molecule has 20 heavy (non-hydrogen) atoms. The Morgan fingerprint density at radius 2 is 1.95 bits per heavy atom. The Labute approximate surface area is 115 Å². The highest BCUT2D eigenvalue weighted by Gasteiger charge is 2.23. The molecule has 1 aromatic carbocycles. The van der Waals surface area contributed by atoms with E-state index in [4.69, 9.17) is 9.84 Å². The van der Waals surface area contributed by atoms with Gasteiger partial charge in [0.1, 0.15) is 5.75 Å². The van der Waals surface area contributed by atoms with Crippen LogP contribution in [0.25, 0.3) is 0 Å². The molecule has 3 N–H and O–H groups in total. The van der Waals surface area contributed by atoms with Gasteiger partial charge >= 0.3 is 5.97 Å². The lowest BCUT2D eigenvalue weighted by molar-refractivity contribution is -0.137. The molecule has 2 rings (SSSR count). The maximum atomic E-state index is 11.9. The number of H-pyrrole nitrogens is 2. The van der Waals surface area contributed by atoms with Crippen molar-refractivity contribution >= 4 is 5.97 Å². The molecule has 1 atom stereocenters. The Kier molecular flexibility index (Phi) is 3.93. The van der Waals surface area contributed by atoms with Crippen molar-refractivity contribution in [1.82, 2.24) is 10.2 Å². The molecule has 1 unspecified atom stereocenters. The van der Waals surface area contributed by atoms with Crippen LogP contribution in [0.3, 0.4) is 0 Å². The molecule has 0 spiro atoms. The normalized spacial score (nSPS) is 12.1. The van der Waals surface area contributed by atoms with Crippen LogP contribution in [0.1, 0.15) is 29.2 Å². The van der Waals surface area contributed by atoms with E-state index in [2.05, 4.69) is 10.2 Å². The first-order valence-corrected chi connectivity index (χ1v) is 6.15. The maximum Gasteiger partial charge on any atom is 0.304 e. The third-order valence-electron chi connectivity index (χ3n) is 3.26. The van der Waals surface area contributed by atoms with Crippen LogP contribution < -0.4 is 10.3 Å². The van der Waals surface area contributed by atoms with Gasteiger partial charge in [-0.3, -0.25) is 14.7 Å². The van der Waals surface area contributed by atoms with Crippen LogP contribution in [0.15, 0.2) is 29.1 Å². The van der Waals surface area contributed by atoms with E-state index < -0.39 is 11.9 Å². The fourth-order valence-electron chi connectivity index (χ4n) is 2.27.